The molecule has 4 nitrogen and oxygen atoms in total. The van der Waals surface area contributed by atoms with Crippen molar-refractivity contribution in [2.24, 2.45) is 0 Å². The van der Waals surface area contributed by atoms with Crippen molar-refractivity contribution < 1.29 is 27.8 Å². The fourth-order valence-corrected chi connectivity index (χ4v) is 1.79. The smallest absolute Gasteiger partial charge is 0.411 e. The Hall–Kier alpha value is -1.47. The second-order valence-electron chi connectivity index (χ2n) is 4.31. The molecule has 0 atom stereocenters. The summed E-state index contributed by atoms with van der Waals surface area (Å²) in [5.74, 6) is -1.03. The number of ether oxygens (including phenoxy) is 1. The fourth-order valence-electron chi connectivity index (χ4n) is 1.66. The van der Waals surface area contributed by atoms with Crippen LogP contribution >= 0.6 is 11.6 Å². The summed E-state index contributed by atoms with van der Waals surface area (Å²) in [6.45, 7) is -1.37. The standard InChI is InChI=1S/C13H15ClF3NO3/c14-10-2-4-11(5-3-10)18(8-12(19)20)6-1-7-21-9-13(15,16)17/h2-5H,1,6-9H2,(H,19,20). The molecule has 1 rings (SSSR count). The molecule has 0 bridgehead atoms. The number of carbonyl (C=O) groups is 1. The van der Waals surface area contributed by atoms with Crippen molar-refractivity contribution >= 4 is 23.3 Å². The Labute approximate surface area is 125 Å². The summed E-state index contributed by atoms with van der Waals surface area (Å²) in [6.07, 6.45) is -4.07. The zero-order valence-electron chi connectivity index (χ0n) is 11.1. The first-order valence-corrected chi connectivity index (χ1v) is 6.52. The number of aliphatic carboxylic acids is 1. The summed E-state index contributed by atoms with van der Waals surface area (Å²) in [5, 5.41) is 9.38. The van der Waals surface area contributed by atoms with Crippen molar-refractivity contribution in [1.82, 2.24) is 0 Å². The van der Waals surface area contributed by atoms with Crippen molar-refractivity contribution in [3.8, 4) is 0 Å². The third-order valence-corrected chi connectivity index (χ3v) is 2.75. The summed E-state index contributed by atoms with van der Waals surface area (Å²) < 4.78 is 40.2. The third-order valence-electron chi connectivity index (χ3n) is 2.50. The summed E-state index contributed by atoms with van der Waals surface area (Å²) >= 11 is 5.75. The summed E-state index contributed by atoms with van der Waals surface area (Å²) in [6, 6.07) is 6.54. The quantitative estimate of drug-likeness (QED) is 0.746. The number of carboxylic acid groups (broad SMARTS) is 1. The number of hydrogen-bond acceptors (Lipinski definition) is 3. The van der Waals surface area contributed by atoms with Crippen LogP contribution in [-0.4, -0.2) is 43.6 Å². The molecule has 0 spiro atoms. The topological polar surface area (TPSA) is 49.8 Å². The van der Waals surface area contributed by atoms with Gasteiger partial charge in [0.05, 0.1) is 0 Å². The largest absolute Gasteiger partial charge is 0.480 e. The van der Waals surface area contributed by atoms with Crippen LogP contribution < -0.4 is 4.90 Å². The second-order valence-corrected chi connectivity index (χ2v) is 4.75. The van der Waals surface area contributed by atoms with Crippen molar-refractivity contribution in [3.05, 3.63) is 29.3 Å². The maximum atomic E-state index is 11.9. The monoisotopic (exact) mass is 325 g/mol. The van der Waals surface area contributed by atoms with Gasteiger partial charge >= 0.3 is 12.1 Å². The molecule has 1 aromatic rings. The molecule has 0 amide bonds. The molecule has 21 heavy (non-hydrogen) atoms. The Morgan fingerprint density at radius 2 is 1.90 bits per heavy atom. The summed E-state index contributed by atoms with van der Waals surface area (Å²) in [5.41, 5.74) is 0.637. The first-order valence-electron chi connectivity index (χ1n) is 6.15. The Kier molecular flexibility index (Phi) is 6.77. The molecule has 118 valence electrons. The first kappa shape index (κ1) is 17.6. The predicted octanol–water partition coefficient (Wildman–Crippen LogP) is 3.20. The van der Waals surface area contributed by atoms with Crippen molar-refractivity contribution in [2.45, 2.75) is 12.6 Å². The molecular weight excluding hydrogens is 311 g/mol. The maximum absolute atomic E-state index is 11.9. The highest BCUT2D eigenvalue weighted by Gasteiger charge is 2.27. The minimum Gasteiger partial charge on any atom is -0.480 e. The Morgan fingerprint density at radius 1 is 1.29 bits per heavy atom. The van der Waals surface area contributed by atoms with Crippen LogP contribution in [0, 0.1) is 0 Å². The van der Waals surface area contributed by atoms with Gasteiger partial charge in [0.25, 0.3) is 0 Å². The molecule has 0 aromatic heterocycles. The molecule has 0 saturated heterocycles. The number of anilines is 1. The highest BCUT2D eigenvalue weighted by molar-refractivity contribution is 6.30. The number of hydrogen-bond donors (Lipinski definition) is 1. The molecule has 0 aliphatic heterocycles. The molecule has 8 heteroatoms. The molecule has 0 aliphatic rings. The van der Waals surface area contributed by atoms with E-state index in [9.17, 15) is 18.0 Å². The van der Waals surface area contributed by atoms with Crippen molar-refractivity contribution in [3.63, 3.8) is 0 Å². The van der Waals surface area contributed by atoms with E-state index >= 15 is 0 Å². The Morgan fingerprint density at radius 3 is 2.43 bits per heavy atom. The van der Waals surface area contributed by atoms with Gasteiger partial charge in [0.1, 0.15) is 13.2 Å². The van der Waals surface area contributed by atoms with Crippen LogP contribution in [0.25, 0.3) is 0 Å². The SMILES string of the molecule is O=C(O)CN(CCCOCC(F)(F)F)c1ccc(Cl)cc1. The maximum Gasteiger partial charge on any atom is 0.411 e. The highest BCUT2D eigenvalue weighted by Crippen LogP contribution is 2.18. The van der Waals surface area contributed by atoms with E-state index in [0.29, 0.717) is 10.7 Å². The fraction of sp³-hybridized carbons (Fsp3) is 0.462. The third kappa shape index (κ3) is 7.77. The number of rotatable bonds is 8. The minimum atomic E-state index is -4.35. The molecule has 1 aromatic carbocycles. The van der Waals surface area contributed by atoms with Crippen molar-refractivity contribution in [1.29, 1.82) is 0 Å². The predicted molar refractivity (Wildman–Crippen MR) is 72.8 cm³/mol. The van der Waals surface area contributed by atoms with Crippen LogP contribution in [0.2, 0.25) is 5.02 Å². The van der Waals surface area contributed by atoms with Crippen LogP contribution in [0.1, 0.15) is 6.42 Å². The van der Waals surface area contributed by atoms with Gasteiger partial charge in [-0.3, -0.25) is 4.79 Å². The van der Waals surface area contributed by atoms with E-state index in [1.165, 1.54) is 4.90 Å². The molecular formula is C13H15ClF3NO3. The summed E-state index contributed by atoms with van der Waals surface area (Å²) in [4.78, 5) is 12.4. The van der Waals surface area contributed by atoms with E-state index in [4.69, 9.17) is 16.7 Å². The zero-order chi connectivity index (χ0) is 15.9. The summed E-state index contributed by atoms with van der Waals surface area (Å²) in [7, 11) is 0. The number of carboxylic acids is 1. The number of alkyl halides is 3. The lowest BCUT2D eigenvalue weighted by molar-refractivity contribution is -0.173. The molecule has 0 unspecified atom stereocenters. The number of benzene rings is 1. The van der Waals surface area contributed by atoms with E-state index < -0.39 is 18.8 Å². The molecule has 1 N–H and O–H groups in total. The molecule has 0 heterocycles. The van der Waals surface area contributed by atoms with E-state index in [1.807, 2.05) is 0 Å². The van der Waals surface area contributed by atoms with Gasteiger partial charge in [-0.05, 0) is 30.7 Å². The first-order chi connectivity index (χ1) is 9.78. The van der Waals surface area contributed by atoms with E-state index in [0.717, 1.165) is 0 Å². The minimum absolute atomic E-state index is 0.0940. The lowest BCUT2D eigenvalue weighted by Gasteiger charge is -2.23. The number of nitrogens with zero attached hydrogens (tertiary/aromatic N) is 1. The van der Waals surface area contributed by atoms with Crippen LogP contribution in [-0.2, 0) is 9.53 Å². The second kappa shape index (κ2) is 8.09. The van der Waals surface area contributed by atoms with Crippen LogP contribution in [0.5, 0.6) is 0 Å². The van der Waals surface area contributed by atoms with Gasteiger partial charge in [0, 0.05) is 23.9 Å². The van der Waals surface area contributed by atoms with Crippen LogP contribution in [0.3, 0.4) is 0 Å². The highest BCUT2D eigenvalue weighted by atomic mass is 35.5. The van der Waals surface area contributed by atoms with Gasteiger partial charge in [0.15, 0.2) is 0 Å². The normalized spacial score (nSPS) is 11.4. The van der Waals surface area contributed by atoms with Crippen LogP contribution in [0.15, 0.2) is 24.3 Å². The average molecular weight is 326 g/mol. The molecule has 0 saturated carbocycles. The Bertz CT molecular complexity index is 451. The van der Waals surface area contributed by atoms with Gasteiger partial charge in [-0.1, -0.05) is 11.6 Å². The van der Waals surface area contributed by atoms with E-state index in [2.05, 4.69) is 4.74 Å². The van der Waals surface area contributed by atoms with Gasteiger partial charge in [-0.25, -0.2) is 0 Å². The molecule has 0 radical (unpaired) electrons. The lowest BCUT2D eigenvalue weighted by Crippen LogP contribution is -2.31. The van der Waals surface area contributed by atoms with Gasteiger partial charge in [-0.15, -0.1) is 0 Å². The van der Waals surface area contributed by atoms with E-state index in [-0.39, 0.29) is 26.1 Å². The molecule has 0 fully saturated rings. The average Bonchev–Trinajstić information content (AvgIpc) is 2.36. The van der Waals surface area contributed by atoms with Crippen molar-refractivity contribution in [2.75, 3.05) is 31.2 Å². The van der Waals surface area contributed by atoms with Gasteiger partial charge in [-0.2, -0.15) is 13.2 Å². The van der Waals surface area contributed by atoms with Gasteiger partial charge < -0.3 is 14.7 Å². The lowest BCUT2D eigenvalue weighted by atomic mass is 10.2. The number of halogens is 4. The van der Waals surface area contributed by atoms with E-state index in [1.54, 1.807) is 24.3 Å². The molecule has 0 aliphatic carbocycles. The van der Waals surface area contributed by atoms with Gasteiger partial charge in [0.2, 0.25) is 0 Å². The van der Waals surface area contributed by atoms with Crippen LogP contribution in [0.4, 0.5) is 18.9 Å². The Balaban J connectivity index is 2.47. The zero-order valence-corrected chi connectivity index (χ0v) is 11.8.